The minimum absolute atomic E-state index is 0.0653. The van der Waals surface area contributed by atoms with Gasteiger partial charge < -0.3 is 15.0 Å². The molecule has 0 fully saturated rings. The summed E-state index contributed by atoms with van der Waals surface area (Å²) in [5.41, 5.74) is 1.74. The zero-order valence-electron chi connectivity index (χ0n) is 13.4. The third-order valence-corrected chi connectivity index (χ3v) is 3.70. The summed E-state index contributed by atoms with van der Waals surface area (Å²) in [6.45, 7) is 3.66. The van der Waals surface area contributed by atoms with Crippen LogP contribution in [0.25, 0.3) is 0 Å². The first kappa shape index (κ1) is 17.3. The predicted molar refractivity (Wildman–Crippen MR) is 93.2 cm³/mol. The van der Waals surface area contributed by atoms with Gasteiger partial charge in [0.1, 0.15) is 12.3 Å². The quantitative estimate of drug-likeness (QED) is 0.817. The highest BCUT2D eigenvalue weighted by molar-refractivity contribution is 6.33. The van der Waals surface area contributed by atoms with Crippen molar-refractivity contribution >= 4 is 23.2 Å². The Morgan fingerprint density at radius 1 is 1.17 bits per heavy atom. The van der Waals surface area contributed by atoms with Crippen molar-refractivity contribution in [1.29, 1.82) is 0 Å². The predicted octanol–water partition coefficient (Wildman–Crippen LogP) is 2.39. The second-order valence-electron chi connectivity index (χ2n) is 5.38. The lowest BCUT2D eigenvalue weighted by Crippen LogP contribution is -3.08. The van der Waals surface area contributed by atoms with Crippen LogP contribution in [-0.4, -0.2) is 26.1 Å². The zero-order valence-corrected chi connectivity index (χ0v) is 14.2. The van der Waals surface area contributed by atoms with E-state index in [1.54, 1.807) is 12.1 Å². The zero-order chi connectivity index (χ0) is 16.7. The smallest absolute Gasteiger partial charge is 0.279 e. The van der Waals surface area contributed by atoms with E-state index >= 15 is 0 Å². The Labute approximate surface area is 142 Å². The summed E-state index contributed by atoms with van der Waals surface area (Å²) >= 11 is 6.05. The molecule has 0 radical (unpaired) electrons. The molecule has 0 aromatic heterocycles. The maximum Gasteiger partial charge on any atom is 0.279 e. The minimum Gasteiger partial charge on any atom is -0.493 e. The molecule has 0 aliphatic carbocycles. The van der Waals surface area contributed by atoms with E-state index in [9.17, 15) is 4.79 Å². The molecular weight excluding hydrogens is 312 g/mol. The second kappa shape index (κ2) is 8.56. The highest BCUT2D eigenvalue weighted by atomic mass is 35.5. The highest BCUT2D eigenvalue weighted by Gasteiger charge is 2.14. The summed E-state index contributed by atoms with van der Waals surface area (Å²) in [5.74, 6) is 0.811. The van der Waals surface area contributed by atoms with Crippen molar-refractivity contribution in [3.63, 3.8) is 0 Å². The molecule has 0 saturated heterocycles. The number of quaternary nitrogens is 1. The molecule has 0 aliphatic rings. The molecule has 0 bridgehead atoms. The third kappa shape index (κ3) is 5.27. The van der Waals surface area contributed by atoms with Crippen LogP contribution in [0, 0.1) is 0 Å². The number of rotatable bonds is 7. The first-order chi connectivity index (χ1) is 11.1. The number of amides is 1. The number of hydrogen-bond donors (Lipinski definition) is 2. The van der Waals surface area contributed by atoms with Crippen LogP contribution in [-0.2, 0) is 11.3 Å². The molecule has 2 rings (SSSR count). The highest BCUT2D eigenvalue weighted by Crippen LogP contribution is 2.20. The molecule has 4 nitrogen and oxygen atoms in total. The van der Waals surface area contributed by atoms with Gasteiger partial charge in [0.15, 0.2) is 6.54 Å². The van der Waals surface area contributed by atoms with E-state index in [1.807, 2.05) is 50.4 Å². The molecule has 0 heterocycles. The van der Waals surface area contributed by atoms with Crippen molar-refractivity contribution in [2.75, 3.05) is 25.5 Å². The average molecular weight is 334 g/mol. The van der Waals surface area contributed by atoms with Gasteiger partial charge in [-0.3, -0.25) is 4.79 Å². The lowest BCUT2D eigenvalue weighted by Gasteiger charge is -2.16. The van der Waals surface area contributed by atoms with E-state index in [0.717, 1.165) is 16.2 Å². The fourth-order valence-electron chi connectivity index (χ4n) is 2.36. The van der Waals surface area contributed by atoms with Crippen molar-refractivity contribution < 1.29 is 14.4 Å². The van der Waals surface area contributed by atoms with Crippen molar-refractivity contribution in [3.8, 4) is 5.75 Å². The molecule has 0 saturated carbocycles. The Kier molecular flexibility index (Phi) is 6.44. The standard InChI is InChI=1S/C18H21ClN2O2/c1-3-23-17-11-7-4-8-14(17)12-21(2)13-18(22)20-16-10-6-5-9-15(16)19/h4-11H,3,12-13H2,1-2H3,(H,20,22)/p+1. The molecule has 1 unspecified atom stereocenters. The topological polar surface area (TPSA) is 42.8 Å². The molecule has 23 heavy (non-hydrogen) atoms. The van der Waals surface area contributed by atoms with Crippen LogP contribution in [0.1, 0.15) is 12.5 Å². The number of likely N-dealkylation sites (N-methyl/N-ethyl adjacent to an activating group) is 1. The Bertz CT molecular complexity index is 661. The SMILES string of the molecule is CCOc1ccccc1C[NH+](C)CC(=O)Nc1ccccc1Cl. The number of hydrogen-bond acceptors (Lipinski definition) is 2. The molecular formula is C18H22ClN2O2+. The van der Waals surface area contributed by atoms with Crippen LogP contribution in [0.3, 0.4) is 0 Å². The van der Waals surface area contributed by atoms with Gasteiger partial charge in [-0.25, -0.2) is 0 Å². The Morgan fingerprint density at radius 2 is 1.87 bits per heavy atom. The first-order valence-electron chi connectivity index (χ1n) is 7.66. The fourth-order valence-corrected chi connectivity index (χ4v) is 2.55. The van der Waals surface area contributed by atoms with Crippen LogP contribution in [0.5, 0.6) is 5.75 Å². The lowest BCUT2D eigenvalue weighted by atomic mass is 10.2. The van der Waals surface area contributed by atoms with Gasteiger partial charge in [0.2, 0.25) is 0 Å². The van der Waals surface area contributed by atoms with E-state index < -0.39 is 0 Å². The van der Waals surface area contributed by atoms with E-state index in [-0.39, 0.29) is 5.91 Å². The second-order valence-corrected chi connectivity index (χ2v) is 5.79. The minimum atomic E-state index is -0.0653. The van der Waals surface area contributed by atoms with Crippen molar-refractivity contribution in [1.82, 2.24) is 0 Å². The molecule has 0 aliphatic heterocycles. The maximum atomic E-state index is 12.2. The van der Waals surface area contributed by atoms with Crippen molar-refractivity contribution in [2.24, 2.45) is 0 Å². The summed E-state index contributed by atoms with van der Waals surface area (Å²) in [7, 11) is 1.98. The summed E-state index contributed by atoms with van der Waals surface area (Å²) in [5, 5.41) is 3.39. The number of anilines is 1. The average Bonchev–Trinajstić information content (AvgIpc) is 2.51. The molecule has 2 N–H and O–H groups in total. The molecule has 122 valence electrons. The van der Waals surface area contributed by atoms with Crippen LogP contribution >= 0.6 is 11.6 Å². The molecule has 5 heteroatoms. The number of nitrogens with one attached hydrogen (secondary N) is 2. The van der Waals surface area contributed by atoms with Gasteiger partial charge in [-0.2, -0.15) is 0 Å². The van der Waals surface area contributed by atoms with Crippen LogP contribution in [0.2, 0.25) is 5.02 Å². The number of para-hydroxylation sites is 2. The lowest BCUT2D eigenvalue weighted by molar-refractivity contribution is -0.885. The largest absolute Gasteiger partial charge is 0.493 e. The number of carbonyl (C=O) groups excluding carboxylic acids is 1. The van der Waals surface area contributed by atoms with Gasteiger partial charge in [-0.05, 0) is 31.2 Å². The molecule has 2 aromatic carbocycles. The number of halogens is 1. The third-order valence-electron chi connectivity index (χ3n) is 3.37. The van der Waals surface area contributed by atoms with Gasteiger partial charge in [0, 0.05) is 5.56 Å². The maximum absolute atomic E-state index is 12.2. The van der Waals surface area contributed by atoms with Crippen LogP contribution in [0.4, 0.5) is 5.69 Å². The van der Waals surface area contributed by atoms with Gasteiger partial charge in [0.05, 0.1) is 24.4 Å². The molecule has 1 amide bonds. The van der Waals surface area contributed by atoms with Gasteiger partial charge in [0.25, 0.3) is 5.91 Å². The van der Waals surface area contributed by atoms with Crippen LogP contribution in [0.15, 0.2) is 48.5 Å². The molecule has 1 atom stereocenters. The van der Waals surface area contributed by atoms with Crippen LogP contribution < -0.4 is 15.0 Å². The molecule has 2 aromatic rings. The fraction of sp³-hybridized carbons (Fsp3) is 0.278. The number of ether oxygens (including phenoxy) is 1. The van der Waals surface area contributed by atoms with Gasteiger partial charge in [-0.15, -0.1) is 0 Å². The Hall–Kier alpha value is -2.04. The summed E-state index contributed by atoms with van der Waals surface area (Å²) in [6, 6.07) is 15.1. The van der Waals surface area contributed by atoms with E-state index in [1.165, 1.54) is 0 Å². The molecule has 0 spiro atoms. The van der Waals surface area contributed by atoms with E-state index in [4.69, 9.17) is 16.3 Å². The monoisotopic (exact) mass is 333 g/mol. The number of benzene rings is 2. The summed E-state index contributed by atoms with van der Waals surface area (Å²) in [6.07, 6.45) is 0. The summed E-state index contributed by atoms with van der Waals surface area (Å²) < 4.78 is 5.62. The van der Waals surface area contributed by atoms with Gasteiger partial charge >= 0.3 is 0 Å². The van der Waals surface area contributed by atoms with Crippen molar-refractivity contribution in [3.05, 3.63) is 59.1 Å². The van der Waals surface area contributed by atoms with Gasteiger partial charge in [-0.1, -0.05) is 35.9 Å². The van der Waals surface area contributed by atoms with E-state index in [0.29, 0.717) is 30.4 Å². The van der Waals surface area contributed by atoms with E-state index in [2.05, 4.69) is 5.32 Å². The number of carbonyl (C=O) groups is 1. The summed E-state index contributed by atoms with van der Waals surface area (Å²) in [4.78, 5) is 13.2. The Morgan fingerprint density at radius 3 is 2.61 bits per heavy atom. The van der Waals surface area contributed by atoms with Crippen molar-refractivity contribution in [2.45, 2.75) is 13.5 Å². The Balaban J connectivity index is 1.93. The normalized spacial score (nSPS) is 11.8. The first-order valence-corrected chi connectivity index (χ1v) is 8.04.